The Bertz CT molecular complexity index is 326. The van der Waals surface area contributed by atoms with Crippen molar-refractivity contribution >= 4 is 33.6 Å². The van der Waals surface area contributed by atoms with E-state index in [-0.39, 0.29) is 0 Å². The van der Waals surface area contributed by atoms with Crippen molar-refractivity contribution in [3.63, 3.8) is 0 Å². The Kier molecular flexibility index (Phi) is 3.39. The van der Waals surface area contributed by atoms with Gasteiger partial charge >= 0.3 is 0 Å². The van der Waals surface area contributed by atoms with Crippen molar-refractivity contribution in [1.29, 1.82) is 0 Å². The molecule has 1 aromatic heterocycles. The van der Waals surface area contributed by atoms with E-state index in [1.54, 1.807) is 11.3 Å². The zero-order valence-corrected chi connectivity index (χ0v) is 10.4. The summed E-state index contributed by atoms with van der Waals surface area (Å²) in [7, 11) is 0. The lowest BCUT2D eigenvalue weighted by Crippen LogP contribution is -2.02. The number of halogens is 1. The second-order valence-electron chi connectivity index (χ2n) is 3.81. The molecule has 76 valence electrons. The lowest BCUT2D eigenvalue weighted by atomic mass is 9.88. The summed E-state index contributed by atoms with van der Waals surface area (Å²) in [5, 5.41) is 0. The Labute approximate surface area is 96.6 Å². The first-order chi connectivity index (χ1) is 6.81. The van der Waals surface area contributed by atoms with Gasteiger partial charge in [-0.25, -0.2) is 0 Å². The van der Waals surface area contributed by atoms with E-state index in [2.05, 4.69) is 15.9 Å². The largest absolute Gasteiger partial charge is 0.297 e. The molecule has 0 bridgehead atoms. The number of hydrogen-bond acceptors (Lipinski definition) is 2. The number of rotatable bonds is 2. The minimum Gasteiger partial charge on any atom is -0.297 e. The Morgan fingerprint density at radius 2 is 2.07 bits per heavy atom. The fraction of sp³-hybridized carbons (Fsp3) is 0.545. The molecule has 3 heteroatoms. The van der Waals surface area contributed by atoms with E-state index in [0.29, 0.717) is 5.92 Å². The van der Waals surface area contributed by atoms with Crippen LogP contribution in [0.5, 0.6) is 0 Å². The third-order valence-electron chi connectivity index (χ3n) is 2.82. The number of aldehydes is 1. The van der Waals surface area contributed by atoms with Gasteiger partial charge in [-0.1, -0.05) is 19.3 Å². The zero-order valence-electron chi connectivity index (χ0n) is 7.96. The van der Waals surface area contributed by atoms with Crippen LogP contribution in [0.25, 0.3) is 0 Å². The van der Waals surface area contributed by atoms with Gasteiger partial charge in [-0.2, -0.15) is 0 Å². The molecule has 0 radical (unpaired) electrons. The van der Waals surface area contributed by atoms with Crippen LogP contribution in [0.4, 0.5) is 0 Å². The molecule has 1 heterocycles. The highest BCUT2D eigenvalue weighted by molar-refractivity contribution is 9.10. The Balaban J connectivity index is 2.20. The highest BCUT2D eigenvalue weighted by Crippen LogP contribution is 2.40. The molecule has 0 aliphatic heterocycles. The highest BCUT2D eigenvalue weighted by atomic mass is 79.9. The molecule has 0 N–H and O–H groups in total. The molecular weight excluding hydrogens is 260 g/mol. The van der Waals surface area contributed by atoms with E-state index in [9.17, 15) is 4.79 Å². The van der Waals surface area contributed by atoms with Crippen LogP contribution in [0.2, 0.25) is 0 Å². The first kappa shape index (κ1) is 10.4. The van der Waals surface area contributed by atoms with Crippen LogP contribution in [-0.2, 0) is 0 Å². The van der Waals surface area contributed by atoms with Crippen LogP contribution < -0.4 is 0 Å². The van der Waals surface area contributed by atoms with Crippen LogP contribution in [0, 0.1) is 0 Å². The van der Waals surface area contributed by atoms with E-state index < -0.39 is 0 Å². The van der Waals surface area contributed by atoms with E-state index in [1.807, 2.05) is 6.07 Å². The summed E-state index contributed by atoms with van der Waals surface area (Å²) in [6, 6.07) is 1.95. The van der Waals surface area contributed by atoms with Crippen molar-refractivity contribution in [3.8, 4) is 0 Å². The summed E-state index contributed by atoms with van der Waals surface area (Å²) in [4.78, 5) is 12.9. The summed E-state index contributed by atoms with van der Waals surface area (Å²) >= 11 is 5.20. The maximum atomic E-state index is 10.6. The van der Waals surface area contributed by atoms with Gasteiger partial charge in [-0.05, 0) is 40.8 Å². The van der Waals surface area contributed by atoms with Gasteiger partial charge in [0.25, 0.3) is 0 Å². The van der Waals surface area contributed by atoms with Crippen LogP contribution in [0.1, 0.15) is 52.6 Å². The number of thiophene rings is 1. The molecule has 1 aromatic rings. The molecule has 0 saturated heterocycles. The predicted octanol–water partition coefficient (Wildman–Crippen LogP) is 4.37. The van der Waals surface area contributed by atoms with Crippen molar-refractivity contribution in [2.45, 2.75) is 38.0 Å². The molecule has 0 atom stereocenters. The molecule has 0 amide bonds. The molecule has 2 rings (SSSR count). The first-order valence-corrected chi connectivity index (χ1v) is 6.66. The van der Waals surface area contributed by atoms with E-state index in [4.69, 9.17) is 0 Å². The summed E-state index contributed by atoms with van der Waals surface area (Å²) in [6.07, 6.45) is 7.58. The second-order valence-corrected chi connectivity index (χ2v) is 5.78. The third-order valence-corrected chi connectivity index (χ3v) is 4.97. The van der Waals surface area contributed by atoms with Crippen molar-refractivity contribution in [2.75, 3.05) is 0 Å². The smallest absolute Gasteiger partial charge is 0.160 e. The number of carbonyl (C=O) groups is 1. The fourth-order valence-corrected chi connectivity index (χ4v) is 4.10. The predicted molar refractivity (Wildman–Crippen MR) is 63.2 cm³/mol. The second kappa shape index (κ2) is 4.58. The molecular formula is C11H13BrOS. The van der Waals surface area contributed by atoms with Crippen molar-refractivity contribution in [3.05, 3.63) is 20.3 Å². The van der Waals surface area contributed by atoms with Gasteiger partial charge in [0.15, 0.2) is 6.29 Å². The van der Waals surface area contributed by atoms with Gasteiger partial charge in [0.05, 0.1) is 4.88 Å². The monoisotopic (exact) mass is 272 g/mol. The van der Waals surface area contributed by atoms with Gasteiger partial charge in [-0.15, -0.1) is 11.3 Å². The fourth-order valence-electron chi connectivity index (χ4n) is 2.10. The highest BCUT2D eigenvalue weighted by Gasteiger charge is 2.20. The van der Waals surface area contributed by atoms with Gasteiger partial charge < -0.3 is 0 Å². The molecule has 0 unspecified atom stereocenters. The molecule has 1 aliphatic carbocycles. The molecule has 0 spiro atoms. The minimum absolute atomic E-state index is 0.692. The molecule has 1 saturated carbocycles. The minimum atomic E-state index is 0.692. The molecule has 14 heavy (non-hydrogen) atoms. The average Bonchev–Trinajstić information content (AvgIpc) is 2.61. The summed E-state index contributed by atoms with van der Waals surface area (Å²) in [5.41, 5.74) is 0. The van der Waals surface area contributed by atoms with Crippen LogP contribution in [0.15, 0.2) is 10.5 Å². The molecule has 0 aromatic carbocycles. The van der Waals surface area contributed by atoms with Crippen molar-refractivity contribution < 1.29 is 4.79 Å². The Hall–Kier alpha value is -0.150. The van der Waals surface area contributed by atoms with Gasteiger partial charge in [0, 0.05) is 9.35 Å². The SMILES string of the molecule is O=Cc1cc(Br)c(C2CCCCC2)s1. The lowest BCUT2D eigenvalue weighted by molar-refractivity contribution is 0.112. The van der Waals surface area contributed by atoms with Crippen LogP contribution in [-0.4, -0.2) is 6.29 Å². The Morgan fingerprint density at radius 1 is 1.36 bits per heavy atom. The third kappa shape index (κ3) is 2.09. The summed E-state index contributed by atoms with van der Waals surface area (Å²) in [5.74, 6) is 0.692. The molecule has 1 nitrogen and oxygen atoms in total. The standard InChI is InChI=1S/C11H13BrOS/c12-10-6-9(7-13)14-11(10)8-4-2-1-3-5-8/h6-8H,1-5H2. The maximum absolute atomic E-state index is 10.6. The normalized spacial score (nSPS) is 18.4. The number of carbonyl (C=O) groups excluding carboxylic acids is 1. The summed E-state index contributed by atoms with van der Waals surface area (Å²) in [6.45, 7) is 0. The van der Waals surface area contributed by atoms with Crippen molar-refractivity contribution in [2.24, 2.45) is 0 Å². The lowest BCUT2D eigenvalue weighted by Gasteiger charge is -2.20. The van der Waals surface area contributed by atoms with Gasteiger partial charge in [0.1, 0.15) is 0 Å². The van der Waals surface area contributed by atoms with E-state index >= 15 is 0 Å². The quantitative estimate of drug-likeness (QED) is 0.731. The average molecular weight is 273 g/mol. The van der Waals surface area contributed by atoms with Gasteiger partial charge in [0.2, 0.25) is 0 Å². The summed E-state index contributed by atoms with van der Waals surface area (Å²) < 4.78 is 1.14. The molecule has 1 fully saturated rings. The van der Waals surface area contributed by atoms with Crippen molar-refractivity contribution in [1.82, 2.24) is 0 Å². The maximum Gasteiger partial charge on any atom is 0.160 e. The topological polar surface area (TPSA) is 17.1 Å². The van der Waals surface area contributed by atoms with Gasteiger partial charge in [-0.3, -0.25) is 4.79 Å². The number of hydrogen-bond donors (Lipinski definition) is 0. The zero-order chi connectivity index (χ0) is 9.97. The molecule has 1 aliphatic rings. The van der Waals surface area contributed by atoms with E-state index in [0.717, 1.165) is 15.6 Å². The Morgan fingerprint density at radius 3 is 2.64 bits per heavy atom. The van der Waals surface area contributed by atoms with Crippen LogP contribution in [0.3, 0.4) is 0 Å². The van der Waals surface area contributed by atoms with Crippen LogP contribution >= 0.6 is 27.3 Å². The first-order valence-electron chi connectivity index (χ1n) is 5.05. The van der Waals surface area contributed by atoms with E-state index in [1.165, 1.54) is 37.0 Å².